The fraction of sp³-hybridized carbons (Fsp3) is 0.533. The number of amides is 1. The minimum Gasteiger partial charge on any atom is -0.495 e. The third-order valence-corrected chi connectivity index (χ3v) is 4.02. The molecule has 0 radical (unpaired) electrons. The largest absolute Gasteiger partial charge is 0.495 e. The van der Waals surface area contributed by atoms with Crippen molar-refractivity contribution in [2.45, 2.75) is 32.2 Å². The van der Waals surface area contributed by atoms with Crippen molar-refractivity contribution in [3.05, 3.63) is 23.2 Å². The zero-order chi connectivity index (χ0) is 14.5. The number of nitrogens with one attached hydrogen (secondary N) is 1. The number of anilines is 1. The van der Waals surface area contributed by atoms with Crippen molar-refractivity contribution in [3.8, 4) is 5.75 Å². The summed E-state index contributed by atoms with van der Waals surface area (Å²) in [6.07, 6.45) is 3.60. The molecule has 1 amide bonds. The van der Waals surface area contributed by atoms with Crippen LogP contribution >= 0.6 is 11.6 Å². The van der Waals surface area contributed by atoms with E-state index in [1.165, 1.54) is 19.3 Å². The number of rotatable bonds is 4. The molecular formula is C15H21ClN2O2. The second-order valence-electron chi connectivity index (χ2n) is 5.21. The van der Waals surface area contributed by atoms with Gasteiger partial charge in [-0.05, 0) is 44.5 Å². The van der Waals surface area contributed by atoms with Crippen molar-refractivity contribution in [2.75, 3.05) is 25.5 Å². The van der Waals surface area contributed by atoms with E-state index in [9.17, 15) is 4.79 Å². The fourth-order valence-corrected chi connectivity index (χ4v) is 2.78. The second kappa shape index (κ2) is 6.95. The highest BCUT2D eigenvalue weighted by Gasteiger charge is 2.20. The molecular weight excluding hydrogens is 276 g/mol. The van der Waals surface area contributed by atoms with Crippen LogP contribution in [0.15, 0.2) is 18.2 Å². The van der Waals surface area contributed by atoms with Gasteiger partial charge >= 0.3 is 0 Å². The molecule has 1 heterocycles. The topological polar surface area (TPSA) is 41.6 Å². The lowest BCUT2D eigenvalue weighted by Crippen LogP contribution is -2.42. The number of likely N-dealkylation sites (tertiary alicyclic amines) is 1. The average Bonchev–Trinajstić information content (AvgIpc) is 2.41. The van der Waals surface area contributed by atoms with Crippen molar-refractivity contribution in [2.24, 2.45) is 0 Å². The number of benzene rings is 1. The molecule has 20 heavy (non-hydrogen) atoms. The summed E-state index contributed by atoms with van der Waals surface area (Å²) in [7, 11) is 1.57. The standard InChI is InChI=1S/C15H21ClN2O2/c1-11-5-3-4-8-18(11)10-15(19)17-12-6-7-14(20-2)13(16)9-12/h6-7,9,11H,3-5,8,10H2,1-2H3,(H,17,19). The Morgan fingerprint density at radius 3 is 2.95 bits per heavy atom. The van der Waals surface area contributed by atoms with Gasteiger partial charge in [-0.3, -0.25) is 9.69 Å². The normalized spacial score (nSPS) is 19.6. The third kappa shape index (κ3) is 3.87. The highest BCUT2D eigenvalue weighted by molar-refractivity contribution is 6.32. The van der Waals surface area contributed by atoms with E-state index in [0.29, 0.717) is 29.0 Å². The van der Waals surface area contributed by atoms with Gasteiger partial charge in [-0.2, -0.15) is 0 Å². The summed E-state index contributed by atoms with van der Waals surface area (Å²) in [5.74, 6) is 0.606. The Balaban J connectivity index is 1.92. The quantitative estimate of drug-likeness (QED) is 0.928. The molecule has 0 bridgehead atoms. The van der Waals surface area contributed by atoms with Gasteiger partial charge in [-0.25, -0.2) is 0 Å². The molecule has 0 aliphatic carbocycles. The summed E-state index contributed by atoms with van der Waals surface area (Å²) in [6.45, 7) is 3.61. The molecule has 0 saturated carbocycles. The first-order valence-electron chi connectivity index (χ1n) is 6.97. The van der Waals surface area contributed by atoms with Crippen LogP contribution in [0.5, 0.6) is 5.75 Å². The summed E-state index contributed by atoms with van der Waals surface area (Å²) >= 11 is 6.04. The lowest BCUT2D eigenvalue weighted by atomic mass is 10.0. The first-order valence-corrected chi connectivity index (χ1v) is 7.35. The number of carbonyl (C=O) groups is 1. The lowest BCUT2D eigenvalue weighted by Gasteiger charge is -2.32. The fourth-order valence-electron chi connectivity index (χ4n) is 2.52. The van der Waals surface area contributed by atoms with E-state index < -0.39 is 0 Å². The summed E-state index contributed by atoms with van der Waals surface area (Å²) < 4.78 is 5.09. The number of carbonyl (C=O) groups excluding carboxylic acids is 1. The van der Waals surface area contributed by atoms with Gasteiger partial charge in [0.1, 0.15) is 5.75 Å². The minimum absolute atomic E-state index is 0.0000153. The van der Waals surface area contributed by atoms with E-state index in [-0.39, 0.29) is 5.91 Å². The van der Waals surface area contributed by atoms with Crippen LogP contribution < -0.4 is 10.1 Å². The van der Waals surface area contributed by atoms with Crippen LogP contribution in [0.4, 0.5) is 5.69 Å². The van der Waals surface area contributed by atoms with Gasteiger partial charge in [0, 0.05) is 11.7 Å². The van der Waals surface area contributed by atoms with Crippen molar-refractivity contribution in [1.82, 2.24) is 4.90 Å². The van der Waals surface area contributed by atoms with Crippen LogP contribution in [0.2, 0.25) is 5.02 Å². The number of ether oxygens (including phenoxy) is 1. The molecule has 1 fully saturated rings. The number of hydrogen-bond acceptors (Lipinski definition) is 3. The van der Waals surface area contributed by atoms with Crippen molar-refractivity contribution in [1.29, 1.82) is 0 Å². The number of methoxy groups -OCH3 is 1. The maximum Gasteiger partial charge on any atom is 0.238 e. The summed E-state index contributed by atoms with van der Waals surface area (Å²) in [5.41, 5.74) is 0.700. The van der Waals surface area contributed by atoms with Gasteiger partial charge in [0.25, 0.3) is 0 Å². The molecule has 0 aromatic heterocycles. The van der Waals surface area contributed by atoms with Gasteiger partial charge < -0.3 is 10.1 Å². The van der Waals surface area contributed by atoms with Crippen molar-refractivity contribution in [3.63, 3.8) is 0 Å². The van der Waals surface area contributed by atoms with Crippen LogP contribution in [0.3, 0.4) is 0 Å². The first kappa shape index (κ1) is 15.1. The van der Waals surface area contributed by atoms with Crippen LogP contribution in [-0.2, 0) is 4.79 Å². The second-order valence-corrected chi connectivity index (χ2v) is 5.62. The molecule has 2 rings (SSSR count). The summed E-state index contributed by atoms with van der Waals surface area (Å²) in [6, 6.07) is 5.73. The van der Waals surface area contributed by atoms with E-state index in [1.54, 1.807) is 25.3 Å². The summed E-state index contributed by atoms with van der Waals surface area (Å²) in [5, 5.41) is 3.38. The highest BCUT2D eigenvalue weighted by Crippen LogP contribution is 2.27. The van der Waals surface area contributed by atoms with Crippen molar-refractivity contribution >= 4 is 23.2 Å². The molecule has 1 unspecified atom stereocenters. The Bertz CT molecular complexity index is 479. The van der Waals surface area contributed by atoms with Crippen LogP contribution in [0.25, 0.3) is 0 Å². The number of halogens is 1. The van der Waals surface area contributed by atoms with E-state index in [1.807, 2.05) is 0 Å². The van der Waals surface area contributed by atoms with E-state index >= 15 is 0 Å². The van der Waals surface area contributed by atoms with E-state index in [2.05, 4.69) is 17.1 Å². The monoisotopic (exact) mass is 296 g/mol. The zero-order valence-corrected chi connectivity index (χ0v) is 12.7. The molecule has 1 aromatic carbocycles. The Kier molecular flexibility index (Phi) is 5.26. The Labute approximate surface area is 125 Å². The Hall–Kier alpha value is -1.26. The zero-order valence-electron chi connectivity index (χ0n) is 12.0. The minimum atomic E-state index is -0.0000153. The van der Waals surface area contributed by atoms with Gasteiger partial charge in [0.2, 0.25) is 5.91 Å². The Morgan fingerprint density at radius 1 is 1.50 bits per heavy atom. The molecule has 4 nitrogen and oxygen atoms in total. The first-order chi connectivity index (χ1) is 9.60. The van der Waals surface area contributed by atoms with E-state index in [4.69, 9.17) is 16.3 Å². The van der Waals surface area contributed by atoms with Crippen molar-refractivity contribution < 1.29 is 9.53 Å². The molecule has 0 spiro atoms. The van der Waals surface area contributed by atoms with Crippen LogP contribution in [0, 0.1) is 0 Å². The molecule has 1 aromatic rings. The maximum atomic E-state index is 12.1. The number of nitrogens with zero attached hydrogens (tertiary/aromatic N) is 1. The molecule has 5 heteroatoms. The van der Waals surface area contributed by atoms with Crippen LogP contribution in [-0.4, -0.2) is 37.0 Å². The maximum absolute atomic E-state index is 12.1. The number of hydrogen-bond donors (Lipinski definition) is 1. The van der Waals surface area contributed by atoms with Gasteiger partial charge in [0.15, 0.2) is 0 Å². The SMILES string of the molecule is COc1ccc(NC(=O)CN2CCCCC2C)cc1Cl. The smallest absolute Gasteiger partial charge is 0.238 e. The highest BCUT2D eigenvalue weighted by atomic mass is 35.5. The molecule has 1 aliphatic heterocycles. The van der Waals surface area contributed by atoms with E-state index in [0.717, 1.165) is 6.54 Å². The predicted molar refractivity (Wildman–Crippen MR) is 81.5 cm³/mol. The third-order valence-electron chi connectivity index (χ3n) is 3.72. The van der Waals surface area contributed by atoms with Gasteiger partial charge in [-0.15, -0.1) is 0 Å². The average molecular weight is 297 g/mol. The predicted octanol–water partition coefficient (Wildman–Crippen LogP) is 3.16. The number of piperidine rings is 1. The summed E-state index contributed by atoms with van der Waals surface area (Å²) in [4.78, 5) is 14.3. The molecule has 110 valence electrons. The molecule has 1 saturated heterocycles. The Morgan fingerprint density at radius 2 is 2.30 bits per heavy atom. The lowest BCUT2D eigenvalue weighted by molar-refractivity contribution is -0.118. The molecule has 1 atom stereocenters. The van der Waals surface area contributed by atoms with Gasteiger partial charge in [-0.1, -0.05) is 18.0 Å². The van der Waals surface area contributed by atoms with Crippen LogP contribution in [0.1, 0.15) is 26.2 Å². The van der Waals surface area contributed by atoms with Gasteiger partial charge in [0.05, 0.1) is 18.7 Å². The molecule has 1 N–H and O–H groups in total. The molecule has 1 aliphatic rings.